The molecule has 4 atom stereocenters. The summed E-state index contributed by atoms with van der Waals surface area (Å²) in [5.41, 5.74) is 2.86. The van der Waals surface area contributed by atoms with Gasteiger partial charge in [0.15, 0.2) is 0 Å². The summed E-state index contributed by atoms with van der Waals surface area (Å²) in [6, 6.07) is 22.0. The number of rotatable bonds is 9. The zero-order valence-electron chi connectivity index (χ0n) is 24.5. The molecular formula is C34H41N3O4. The third-order valence-electron chi connectivity index (χ3n) is 8.32. The molecule has 3 aromatic carbocycles. The predicted octanol–water partition coefficient (Wildman–Crippen LogP) is 5.67. The summed E-state index contributed by atoms with van der Waals surface area (Å²) in [5, 5.41) is 3.23. The topological polar surface area (TPSA) is 71.1 Å². The second kappa shape index (κ2) is 12.8. The van der Waals surface area contributed by atoms with Crippen molar-refractivity contribution in [1.29, 1.82) is 0 Å². The minimum atomic E-state index is -0.588. The smallest absolute Gasteiger partial charge is 0.259 e. The lowest BCUT2D eigenvalue weighted by Crippen LogP contribution is -2.48. The fourth-order valence-electron chi connectivity index (χ4n) is 6.58. The van der Waals surface area contributed by atoms with Gasteiger partial charge in [-0.1, -0.05) is 44.2 Å². The van der Waals surface area contributed by atoms with Gasteiger partial charge in [-0.2, -0.15) is 0 Å². The lowest BCUT2D eigenvalue weighted by atomic mass is 9.78. The summed E-state index contributed by atoms with van der Waals surface area (Å²) in [4.78, 5) is 32.4. The van der Waals surface area contributed by atoms with E-state index in [9.17, 15) is 9.59 Å². The van der Waals surface area contributed by atoms with Gasteiger partial charge in [-0.15, -0.1) is 0 Å². The second-order valence-corrected chi connectivity index (χ2v) is 11.5. The van der Waals surface area contributed by atoms with Crippen LogP contribution in [0.4, 0.5) is 5.69 Å². The number of methoxy groups -OCH3 is 2. The average molecular weight is 556 g/mol. The Bertz CT molecular complexity index is 1330. The van der Waals surface area contributed by atoms with Gasteiger partial charge in [0, 0.05) is 30.9 Å². The molecule has 0 aromatic heterocycles. The number of fused-ring (bicyclic) bond motifs is 1. The Morgan fingerprint density at radius 3 is 2.12 bits per heavy atom. The van der Waals surface area contributed by atoms with Crippen LogP contribution in [-0.4, -0.2) is 57.1 Å². The molecule has 2 heterocycles. The average Bonchev–Trinajstić information content (AvgIpc) is 2.99. The molecule has 3 aromatic rings. The van der Waals surface area contributed by atoms with E-state index in [4.69, 9.17) is 9.47 Å². The minimum absolute atomic E-state index is 0.0790. The van der Waals surface area contributed by atoms with E-state index >= 15 is 0 Å². The number of benzene rings is 3. The monoisotopic (exact) mass is 555 g/mol. The Labute approximate surface area is 243 Å². The summed E-state index contributed by atoms with van der Waals surface area (Å²) >= 11 is 0. The van der Waals surface area contributed by atoms with Crippen LogP contribution in [0.15, 0.2) is 72.8 Å². The van der Waals surface area contributed by atoms with E-state index in [0.29, 0.717) is 35.4 Å². The number of hydrogen-bond acceptors (Lipinski definition) is 5. The van der Waals surface area contributed by atoms with E-state index in [1.807, 2.05) is 72.8 Å². The molecule has 0 radical (unpaired) electrons. The Hall–Kier alpha value is -3.84. The maximum Gasteiger partial charge on any atom is 0.259 e. The highest BCUT2D eigenvalue weighted by molar-refractivity contribution is 6.11. The highest BCUT2D eigenvalue weighted by atomic mass is 16.5. The van der Waals surface area contributed by atoms with Crippen molar-refractivity contribution < 1.29 is 19.1 Å². The third-order valence-corrected chi connectivity index (χ3v) is 8.32. The molecule has 0 aliphatic carbocycles. The number of anilines is 1. The Morgan fingerprint density at radius 2 is 1.49 bits per heavy atom. The second-order valence-electron chi connectivity index (χ2n) is 11.5. The number of likely N-dealkylation sites (tertiary alicyclic amines) is 1. The normalized spacial score (nSPS) is 22.6. The van der Waals surface area contributed by atoms with Crippen LogP contribution in [0.3, 0.4) is 0 Å². The number of amides is 2. The van der Waals surface area contributed by atoms with Crippen molar-refractivity contribution in [3.63, 3.8) is 0 Å². The maximum atomic E-state index is 14.1. The summed E-state index contributed by atoms with van der Waals surface area (Å²) in [5.74, 6) is 2.03. The number of piperidine rings is 1. The van der Waals surface area contributed by atoms with Crippen LogP contribution in [-0.2, 0) is 4.79 Å². The van der Waals surface area contributed by atoms with Crippen molar-refractivity contribution in [2.24, 2.45) is 11.8 Å². The molecule has 0 unspecified atom stereocenters. The van der Waals surface area contributed by atoms with Crippen LogP contribution in [0.25, 0.3) is 0 Å². The highest BCUT2D eigenvalue weighted by Crippen LogP contribution is 2.45. The summed E-state index contributed by atoms with van der Waals surface area (Å²) < 4.78 is 10.8. The molecule has 2 aliphatic heterocycles. The molecule has 1 saturated heterocycles. The van der Waals surface area contributed by atoms with E-state index < -0.39 is 12.0 Å². The highest BCUT2D eigenvalue weighted by Gasteiger charge is 2.44. The molecule has 41 heavy (non-hydrogen) atoms. The van der Waals surface area contributed by atoms with Gasteiger partial charge in [-0.3, -0.25) is 14.5 Å². The number of ether oxygens (including phenoxy) is 2. The number of carbonyl (C=O) groups is 2. The van der Waals surface area contributed by atoms with E-state index in [1.165, 1.54) is 6.42 Å². The van der Waals surface area contributed by atoms with Crippen molar-refractivity contribution in [3.05, 3.63) is 89.5 Å². The SMILES string of the molecule is COc1ccc([C@@H]2[C@H](C(=O)NCCCN3C[C@@H](C)C[C@H](C)C3)c3ccccc3C(=O)N2c2ccc(OC)cc2)cc1. The Balaban J connectivity index is 1.46. The van der Waals surface area contributed by atoms with Crippen molar-refractivity contribution in [2.45, 2.75) is 38.6 Å². The standard InChI is InChI=1S/C34H41N3O4/c1-23-20-24(2)22-36(21-23)19-7-18-35-33(38)31-29-8-5-6-9-30(29)34(39)37(26-12-16-28(41-4)17-13-26)32(31)25-10-14-27(40-3)15-11-25/h5-6,8-17,23-24,31-32H,7,18-22H2,1-4H3,(H,35,38)/t23-,24-,31+,32+/m0/s1. The van der Waals surface area contributed by atoms with Gasteiger partial charge in [0.2, 0.25) is 5.91 Å². The summed E-state index contributed by atoms with van der Waals surface area (Å²) in [7, 11) is 3.24. The van der Waals surface area contributed by atoms with Crippen molar-refractivity contribution >= 4 is 17.5 Å². The predicted molar refractivity (Wildman–Crippen MR) is 162 cm³/mol. The first-order valence-corrected chi connectivity index (χ1v) is 14.6. The van der Waals surface area contributed by atoms with Gasteiger partial charge in [0.05, 0.1) is 26.2 Å². The van der Waals surface area contributed by atoms with Crippen LogP contribution in [0.1, 0.15) is 60.1 Å². The lowest BCUT2D eigenvalue weighted by Gasteiger charge is -2.42. The molecule has 1 N–H and O–H groups in total. The fraction of sp³-hybridized carbons (Fsp3) is 0.412. The van der Waals surface area contributed by atoms with Crippen molar-refractivity contribution in [2.75, 3.05) is 45.3 Å². The molecular weight excluding hydrogens is 514 g/mol. The Kier molecular flexibility index (Phi) is 8.93. The van der Waals surface area contributed by atoms with Gasteiger partial charge in [0.25, 0.3) is 5.91 Å². The minimum Gasteiger partial charge on any atom is -0.497 e. The van der Waals surface area contributed by atoms with Gasteiger partial charge >= 0.3 is 0 Å². The third kappa shape index (κ3) is 6.25. The molecule has 7 heteroatoms. The molecule has 216 valence electrons. The quantitative estimate of drug-likeness (QED) is 0.345. The summed E-state index contributed by atoms with van der Waals surface area (Å²) in [6.07, 6.45) is 2.17. The molecule has 1 fully saturated rings. The van der Waals surface area contributed by atoms with Gasteiger partial charge in [-0.05, 0) is 84.8 Å². The molecule has 0 bridgehead atoms. The van der Waals surface area contributed by atoms with E-state index in [2.05, 4.69) is 24.1 Å². The van der Waals surface area contributed by atoms with Crippen LogP contribution in [0.2, 0.25) is 0 Å². The van der Waals surface area contributed by atoms with Crippen LogP contribution < -0.4 is 19.7 Å². The van der Waals surface area contributed by atoms with Gasteiger partial charge in [-0.25, -0.2) is 0 Å². The van der Waals surface area contributed by atoms with Crippen LogP contribution in [0.5, 0.6) is 11.5 Å². The number of nitrogens with one attached hydrogen (secondary N) is 1. The molecule has 7 nitrogen and oxygen atoms in total. The first kappa shape index (κ1) is 28.7. The zero-order chi connectivity index (χ0) is 28.9. The van der Waals surface area contributed by atoms with Crippen LogP contribution in [0, 0.1) is 11.8 Å². The molecule has 0 spiro atoms. The van der Waals surface area contributed by atoms with E-state index in [1.54, 1.807) is 19.1 Å². The maximum absolute atomic E-state index is 14.1. The fourth-order valence-corrected chi connectivity index (χ4v) is 6.58. The number of nitrogens with zero attached hydrogens (tertiary/aromatic N) is 2. The first-order valence-electron chi connectivity index (χ1n) is 14.6. The van der Waals surface area contributed by atoms with E-state index in [-0.39, 0.29) is 11.8 Å². The first-order chi connectivity index (χ1) is 19.9. The number of carbonyl (C=O) groups excluding carboxylic acids is 2. The lowest BCUT2D eigenvalue weighted by molar-refractivity contribution is -0.123. The van der Waals surface area contributed by atoms with Crippen LogP contribution >= 0.6 is 0 Å². The molecule has 0 saturated carbocycles. The largest absolute Gasteiger partial charge is 0.497 e. The van der Waals surface area contributed by atoms with Crippen molar-refractivity contribution in [3.8, 4) is 11.5 Å². The molecule has 2 aliphatic rings. The van der Waals surface area contributed by atoms with Crippen molar-refractivity contribution in [1.82, 2.24) is 10.2 Å². The van der Waals surface area contributed by atoms with Gasteiger partial charge in [0.1, 0.15) is 11.5 Å². The van der Waals surface area contributed by atoms with E-state index in [0.717, 1.165) is 42.9 Å². The molecule has 2 amide bonds. The summed E-state index contributed by atoms with van der Waals surface area (Å²) in [6.45, 7) is 8.43. The number of hydrogen-bond donors (Lipinski definition) is 1. The molecule has 5 rings (SSSR count). The van der Waals surface area contributed by atoms with Gasteiger partial charge < -0.3 is 19.7 Å². The Morgan fingerprint density at radius 1 is 0.878 bits per heavy atom. The zero-order valence-corrected chi connectivity index (χ0v) is 24.5.